The average Bonchev–Trinajstić information content (AvgIpc) is 2.86. The zero-order valence-electron chi connectivity index (χ0n) is 12.5. The first-order chi connectivity index (χ1) is 9.82. The molecule has 21 heavy (non-hydrogen) atoms. The van der Waals surface area contributed by atoms with Crippen LogP contribution in [-0.2, 0) is 5.41 Å². The summed E-state index contributed by atoms with van der Waals surface area (Å²) in [6.07, 6.45) is 0. The molecule has 6 heteroatoms. The van der Waals surface area contributed by atoms with Gasteiger partial charge >= 0.3 is 0 Å². The molecule has 0 atom stereocenters. The van der Waals surface area contributed by atoms with Crippen LogP contribution in [-0.4, -0.2) is 17.9 Å². The zero-order valence-corrected chi connectivity index (χ0v) is 13.3. The molecular weight excluding hydrogens is 289 g/mol. The van der Waals surface area contributed by atoms with Gasteiger partial charge in [-0.1, -0.05) is 26.8 Å². The summed E-state index contributed by atoms with van der Waals surface area (Å²) >= 11 is 1.36. The van der Waals surface area contributed by atoms with E-state index in [0.29, 0.717) is 5.13 Å². The van der Waals surface area contributed by atoms with Crippen molar-refractivity contribution in [3.63, 3.8) is 0 Å². The number of thiazole rings is 1. The molecule has 0 fully saturated rings. The number of benzene rings is 1. The normalized spacial score (nSPS) is 11.3. The maximum Gasteiger partial charge on any atom is 0.259 e. The first-order valence-corrected chi connectivity index (χ1v) is 7.44. The Labute approximate surface area is 127 Å². The number of nitrogens with one attached hydrogen (secondary N) is 2. The fourth-order valence-electron chi connectivity index (χ4n) is 1.81. The van der Waals surface area contributed by atoms with Crippen LogP contribution in [0.25, 0.3) is 0 Å². The van der Waals surface area contributed by atoms with Gasteiger partial charge in [-0.05, 0) is 12.1 Å². The topological polar surface area (TPSA) is 54.0 Å². The molecule has 1 heterocycles. The molecule has 2 N–H and O–H groups in total. The van der Waals surface area contributed by atoms with E-state index in [-0.39, 0.29) is 22.6 Å². The minimum Gasteiger partial charge on any atom is -0.385 e. The average molecular weight is 307 g/mol. The molecule has 0 radical (unpaired) electrons. The summed E-state index contributed by atoms with van der Waals surface area (Å²) in [5.74, 6) is -0.840. The lowest BCUT2D eigenvalue weighted by Crippen LogP contribution is -2.16. The Morgan fingerprint density at radius 3 is 2.62 bits per heavy atom. The molecule has 0 aliphatic carbocycles. The molecule has 4 nitrogen and oxygen atoms in total. The molecule has 0 bridgehead atoms. The molecule has 0 spiro atoms. The Bertz CT molecular complexity index is 661. The number of nitrogens with zero attached hydrogens (tertiary/aromatic N) is 1. The second kappa shape index (κ2) is 5.81. The van der Waals surface area contributed by atoms with Crippen molar-refractivity contribution in [1.29, 1.82) is 0 Å². The number of hydrogen-bond acceptors (Lipinski definition) is 4. The van der Waals surface area contributed by atoms with Crippen molar-refractivity contribution in [3.05, 3.63) is 40.7 Å². The predicted octanol–water partition coefficient (Wildman–Crippen LogP) is 3.87. The third kappa shape index (κ3) is 3.39. The summed E-state index contributed by atoms with van der Waals surface area (Å²) in [6.45, 7) is 6.16. The molecular formula is C15H18FN3OS. The lowest BCUT2D eigenvalue weighted by atomic mass is 9.93. The highest BCUT2D eigenvalue weighted by Crippen LogP contribution is 2.27. The summed E-state index contributed by atoms with van der Waals surface area (Å²) < 4.78 is 13.7. The summed E-state index contributed by atoms with van der Waals surface area (Å²) in [4.78, 5) is 16.7. The predicted molar refractivity (Wildman–Crippen MR) is 84.7 cm³/mol. The largest absolute Gasteiger partial charge is 0.385 e. The molecule has 1 amide bonds. The van der Waals surface area contributed by atoms with Gasteiger partial charge in [-0.2, -0.15) is 0 Å². The third-order valence-corrected chi connectivity index (χ3v) is 3.76. The monoisotopic (exact) mass is 307 g/mol. The van der Waals surface area contributed by atoms with E-state index in [1.54, 1.807) is 13.1 Å². The van der Waals surface area contributed by atoms with Crippen LogP contribution in [0.5, 0.6) is 0 Å². The quantitative estimate of drug-likeness (QED) is 0.905. The Morgan fingerprint density at radius 2 is 2.05 bits per heavy atom. The van der Waals surface area contributed by atoms with Crippen molar-refractivity contribution in [2.75, 3.05) is 17.7 Å². The molecule has 0 aliphatic heterocycles. The van der Waals surface area contributed by atoms with Crippen LogP contribution in [0.1, 0.15) is 36.8 Å². The van der Waals surface area contributed by atoms with Gasteiger partial charge in [-0.15, -0.1) is 11.3 Å². The van der Waals surface area contributed by atoms with Gasteiger partial charge in [0.1, 0.15) is 5.82 Å². The van der Waals surface area contributed by atoms with Crippen LogP contribution >= 0.6 is 11.3 Å². The number of carbonyl (C=O) groups is 1. The van der Waals surface area contributed by atoms with Crippen molar-refractivity contribution in [2.45, 2.75) is 26.2 Å². The summed E-state index contributed by atoms with van der Waals surface area (Å²) in [7, 11) is 1.58. The van der Waals surface area contributed by atoms with Crippen LogP contribution in [0, 0.1) is 5.82 Å². The number of anilines is 2. The van der Waals surface area contributed by atoms with E-state index in [4.69, 9.17) is 0 Å². The molecule has 112 valence electrons. The molecule has 2 aromatic rings. The van der Waals surface area contributed by atoms with Crippen molar-refractivity contribution in [1.82, 2.24) is 4.98 Å². The molecule has 0 unspecified atom stereocenters. The van der Waals surface area contributed by atoms with Crippen LogP contribution < -0.4 is 10.6 Å². The van der Waals surface area contributed by atoms with Crippen molar-refractivity contribution >= 4 is 28.1 Å². The van der Waals surface area contributed by atoms with Crippen LogP contribution in [0.2, 0.25) is 0 Å². The minimum absolute atomic E-state index is 0.0749. The molecule has 0 saturated heterocycles. The smallest absolute Gasteiger partial charge is 0.259 e. The second-order valence-electron chi connectivity index (χ2n) is 5.65. The fourth-order valence-corrected chi connectivity index (χ4v) is 2.74. The highest BCUT2D eigenvalue weighted by atomic mass is 32.1. The summed E-state index contributed by atoms with van der Waals surface area (Å²) in [5, 5.41) is 7.85. The van der Waals surface area contributed by atoms with Gasteiger partial charge in [0.15, 0.2) is 5.13 Å². The number of amides is 1. The van der Waals surface area contributed by atoms with Crippen LogP contribution in [0.15, 0.2) is 23.6 Å². The SMILES string of the molecule is CNc1c(F)cccc1C(=O)Nc1nc(C(C)(C)C)cs1. The van der Waals surface area contributed by atoms with Gasteiger partial charge in [-0.25, -0.2) is 9.37 Å². The first kappa shape index (κ1) is 15.4. The summed E-state index contributed by atoms with van der Waals surface area (Å²) in [5.41, 5.74) is 1.28. The number of rotatable bonds is 3. The van der Waals surface area contributed by atoms with Gasteiger partial charge in [0.25, 0.3) is 5.91 Å². The van der Waals surface area contributed by atoms with Crippen LogP contribution in [0.3, 0.4) is 0 Å². The molecule has 2 rings (SSSR count). The fraction of sp³-hybridized carbons (Fsp3) is 0.333. The standard InChI is InChI=1S/C15H18FN3OS/c1-15(2,3)11-8-21-14(18-11)19-13(20)9-6-5-7-10(16)12(9)17-4/h5-8,17H,1-4H3,(H,18,19,20). The van der Waals surface area contributed by atoms with E-state index in [1.807, 2.05) is 5.38 Å². The Kier molecular flexibility index (Phi) is 4.27. The van der Waals surface area contributed by atoms with Gasteiger partial charge in [0, 0.05) is 17.8 Å². The van der Waals surface area contributed by atoms with Gasteiger partial charge in [0.05, 0.1) is 16.9 Å². The van der Waals surface area contributed by atoms with Crippen molar-refractivity contribution < 1.29 is 9.18 Å². The second-order valence-corrected chi connectivity index (χ2v) is 6.51. The maximum absolute atomic E-state index is 13.7. The van der Waals surface area contributed by atoms with Crippen molar-refractivity contribution in [2.24, 2.45) is 0 Å². The first-order valence-electron chi connectivity index (χ1n) is 6.56. The lowest BCUT2D eigenvalue weighted by molar-refractivity contribution is 0.102. The number of halogens is 1. The number of hydrogen-bond donors (Lipinski definition) is 2. The molecule has 0 aliphatic rings. The van der Waals surface area contributed by atoms with E-state index in [2.05, 4.69) is 36.4 Å². The molecule has 1 aromatic carbocycles. The van der Waals surface area contributed by atoms with Crippen molar-refractivity contribution in [3.8, 4) is 0 Å². The van der Waals surface area contributed by atoms with Crippen LogP contribution in [0.4, 0.5) is 15.2 Å². The Morgan fingerprint density at radius 1 is 1.33 bits per heavy atom. The Hall–Kier alpha value is -1.95. The number of para-hydroxylation sites is 1. The summed E-state index contributed by atoms with van der Waals surface area (Å²) in [6, 6.07) is 4.39. The number of carbonyl (C=O) groups excluding carboxylic acids is 1. The van der Waals surface area contributed by atoms with E-state index in [9.17, 15) is 9.18 Å². The van der Waals surface area contributed by atoms with Gasteiger partial charge in [0.2, 0.25) is 0 Å². The molecule has 1 aromatic heterocycles. The minimum atomic E-state index is -0.459. The third-order valence-electron chi connectivity index (χ3n) is 3.00. The Balaban J connectivity index is 2.23. The van der Waals surface area contributed by atoms with E-state index >= 15 is 0 Å². The lowest BCUT2D eigenvalue weighted by Gasteiger charge is -2.14. The highest BCUT2D eigenvalue weighted by molar-refractivity contribution is 7.14. The zero-order chi connectivity index (χ0) is 15.6. The van der Waals surface area contributed by atoms with E-state index in [1.165, 1.54) is 23.5 Å². The van der Waals surface area contributed by atoms with Gasteiger partial charge < -0.3 is 5.32 Å². The van der Waals surface area contributed by atoms with E-state index < -0.39 is 5.82 Å². The highest BCUT2D eigenvalue weighted by Gasteiger charge is 2.19. The van der Waals surface area contributed by atoms with E-state index in [0.717, 1.165) is 5.69 Å². The maximum atomic E-state index is 13.7. The number of aromatic nitrogens is 1. The van der Waals surface area contributed by atoms with Gasteiger partial charge in [-0.3, -0.25) is 10.1 Å². The molecule has 0 saturated carbocycles.